The van der Waals surface area contributed by atoms with Crippen LogP contribution in [0.5, 0.6) is 0 Å². The van der Waals surface area contributed by atoms with Crippen molar-refractivity contribution >= 4 is 21.4 Å². The highest BCUT2D eigenvalue weighted by Gasteiger charge is 2.45. The van der Waals surface area contributed by atoms with E-state index >= 15 is 0 Å². The molecule has 0 amide bonds. The molecule has 0 unspecified atom stereocenters. The molecular weight excluding hydrogens is 262 g/mol. The molecule has 0 aliphatic heterocycles. The molecule has 1 fully saturated rings. The van der Waals surface area contributed by atoms with Gasteiger partial charge in [0.25, 0.3) is 0 Å². The minimum absolute atomic E-state index is 0.0621. The standard InChI is InChI=1S/C13H21N3O2S/c1-9(2)13(5-6-13)8-16-11-4-3-10(14)7-12(11)19(15,17)18/h3-4,7,9,16H,5-6,8,14H2,1-2H3,(H2,15,17,18). The van der Waals surface area contributed by atoms with Crippen LogP contribution >= 0.6 is 0 Å². The summed E-state index contributed by atoms with van der Waals surface area (Å²) < 4.78 is 23.1. The summed E-state index contributed by atoms with van der Waals surface area (Å²) >= 11 is 0. The quantitative estimate of drug-likeness (QED) is 0.717. The lowest BCUT2D eigenvalue weighted by Crippen LogP contribution is -2.23. The number of anilines is 2. The lowest BCUT2D eigenvalue weighted by molar-refractivity contribution is 0.380. The first-order valence-corrected chi connectivity index (χ1v) is 7.95. The summed E-state index contributed by atoms with van der Waals surface area (Å²) in [6, 6.07) is 4.74. The molecule has 1 aliphatic carbocycles. The van der Waals surface area contributed by atoms with Crippen molar-refractivity contribution in [3.8, 4) is 0 Å². The SMILES string of the molecule is CC(C)C1(CNc2ccc(N)cc2S(N)(=O)=O)CC1. The number of sulfonamides is 1. The lowest BCUT2D eigenvalue weighted by atomic mass is 9.92. The molecule has 1 saturated carbocycles. The normalized spacial score (nSPS) is 17.5. The number of hydrogen-bond acceptors (Lipinski definition) is 4. The zero-order chi connectivity index (χ0) is 14.3. The molecule has 5 nitrogen and oxygen atoms in total. The van der Waals surface area contributed by atoms with E-state index in [0.29, 0.717) is 17.3 Å². The second-order valence-electron chi connectivity index (χ2n) is 5.67. The molecule has 0 aromatic heterocycles. The second kappa shape index (κ2) is 4.68. The van der Waals surface area contributed by atoms with Crippen molar-refractivity contribution in [3.05, 3.63) is 18.2 Å². The highest BCUT2D eigenvalue weighted by Crippen LogP contribution is 2.51. The molecule has 1 aromatic rings. The topological polar surface area (TPSA) is 98.2 Å². The van der Waals surface area contributed by atoms with E-state index in [1.807, 2.05) is 0 Å². The zero-order valence-corrected chi connectivity index (χ0v) is 12.1. The van der Waals surface area contributed by atoms with Gasteiger partial charge in [-0.05, 0) is 42.4 Å². The highest BCUT2D eigenvalue weighted by atomic mass is 32.2. The molecule has 2 rings (SSSR count). The van der Waals surface area contributed by atoms with Crippen molar-refractivity contribution in [1.82, 2.24) is 0 Å². The van der Waals surface area contributed by atoms with Crippen LogP contribution in [0.25, 0.3) is 0 Å². The number of nitrogen functional groups attached to an aromatic ring is 1. The molecule has 106 valence electrons. The van der Waals surface area contributed by atoms with E-state index in [0.717, 1.165) is 6.54 Å². The smallest absolute Gasteiger partial charge is 0.240 e. The number of hydrogen-bond donors (Lipinski definition) is 3. The number of nitrogens with one attached hydrogen (secondary N) is 1. The number of benzene rings is 1. The van der Waals surface area contributed by atoms with Crippen LogP contribution in [0.4, 0.5) is 11.4 Å². The molecule has 0 bridgehead atoms. The lowest BCUT2D eigenvalue weighted by Gasteiger charge is -2.21. The van der Waals surface area contributed by atoms with Gasteiger partial charge in [-0.1, -0.05) is 13.8 Å². The highest BCUT2D eigenvalue weighted by molar-refractivity contribution is 7.89. The largest absolute Gasteiger partial charge is 0.399 e. The van der Waals surface area contributed by atoms with Crippen molar-refractivity contribution in [2.75, 3.05) is 17.6 Å². The van der Waals surface area contributed by atoms with E-state index in [2.05, 4.69) is 19.2 Å². The van der Waals surface area contributed by atoms with Gasteiger partial charge in [0, 0.05) is 12.2 Å². The van der Waals surface area contributed by atoms with Crippen molar-refractivity contribution in [1.29, 1.82) is 0 Å². The van der Waals surface area contributed by atoms with Gasteiger partial charge in [0.05, 0.1) is 5.69 Å². The molecule has 0 radical (unpaired) electrons. The van der Waals surface area contributed by atoms with Gasteiger partial charge in [-0.2, -0.15) is 0 Å². The first-order valence-electron chi connectivity index (χ1n) is 6.41. The van der Waals surface area contributed by atoms with Crippen molar-refractivity contribution in [3.63, 3.8) is 0 Å². The van der Waals surface area contributed by atoms with Gasteiger partial charge in [-0.15, -0.1) is 0 Å². The van der Waals surface area contributed by atoms with Gasteiger partial charge in [0.15, 0.2) is 0 Å². The fraction of sp³-hybridized carbons (Fsp3) is 0.538. The molecule has 5 N–H and O–H groups in total. The minimum Gasteiger partial charge on any atom is -0.399 e. The van der Waals surface area contributed by atoms with Crippen LogP contribution in [0.2, 0.25) is 0 Å². The van der Waals surface area contributed by atoms with Crippen LogP contribution in [-0.4, -0.2) is 15.0 Å². The summed E-state index contributed by atoms with van der Waals surface area (Å²) in [5.74, 6) is 0.576. The fourth-order valence-electron chi connectivity index (χ4n) is 2.31. The molecule has 0 saturated heterocycles. The maximum Gasteiger partial charge on any atom is 0.240 e. The van der Waals surface area contributed by atoms with Crippen LogP contribution in [0.1, 0.15) is 26.7 Å². The summed E-state index contributed by atoms with van der Waals surface area (Å²) in [6.45, 7) is 5.15. The van der Waals surface area contributed by atoms with E-state index in [4.69, 9.17) is 10.9 Å². The number of nitrogens with two attached hydrogens (primary N) is 2. The molecule has 0 spiro atoms. The molecule has 0 heterocycles. The summed E-state index contributed by atoms with van der Waals surface area (Å²) in [5, 5.41) is 8.43. The molecule has 1 aromatic carbocycles. The average Bonchev–Trinajstić information content (AvgIpc) is 3.07. The van der Waals surface area contributed by atoms with Gasteiger partial charge < -0.3 is 11.1 Å². The van der Waals surface area contributed by atoms with Crippen LogP contribution in [0.3, 0.4) is 0 Å². The zero-order valence-electron chi connectivity index (χ0n) is 11.3. The molecule has 0 atom stereocenters. The van der Waals surface area contributed by atoms with Gasteiger partial charge in [-0.25, -0.2) is 13.6 Å². The van der Waals surface area contributed by atoms with E-state index in [-0.39, 0.29) is 10.3 Å². The number of primary sulfonamides is 1. The molecular formula is C13H21N3O2S. The molecule has 1 aliphatic rings. The van der Waals surface area contributed by atoms with Gasteiger partial charge in [-0.3, -0.25) is 0 Å². The first kappa shape index (κ1) is 14.1. The average molecular weight is 283 g/mol. The Balaban J connectivity index is 2.22. The van der Waals surface area contributed by atoms with Crippen LogP contribution < -0.4 is 16.2 Å². The Morgan fingerprint density at radius 2 is 2.00 bits per heavy atom. The van der Waals surface area contributed by atoms with Crippen LogP contribution in [0.15, 0.2) is 23.1 Å². The Labute approximate surface area is 114 Å². The van der Waals surface area contributed by atoms with Crippen molar-refractivity contribution in [2.24, 2.45) is 16.5 Å². The predicted molar refractivity (Wildman–Crippen MR) is 77.2 cm³/mol. The Bertz CT molecular complexity index is 578. The first-order chi connectivity index (χ1) is 8.74. The maximum absolute atomic E-state index is 11.6. The third kappa shape index (κ3) is 3.01. The Morgan fingerprint density at radius 3 is 2.47 bits per heavy atom. The summed E-state index contributed by atoms with van der Waals surface area (Å²) in [5.41, 5.74) is 6.83. The molecule has 19 heavy (non-hydrogen) atoms. The summed E-state index contributed by atoms with van der Waals surface area (Å²) in [6.07, 6.45) is 2.36. The van der Waals surface area contributed by atoms with E-state index < -0.39 is 10.0 Å². The second-order valence-corrected chi connectivity index (χ2v) is 7.20. The summed E-state index contributed by atoms with van der Waals surface area (Å²) in [4.78, 5) is 0.0621. The van der Waals surface area contributed by atoms with E-state index in [9.17, 15) is 8.42 Å². The third-order valence-electron chi connectivity index (χ3n) is 4.06. The van der Waals surface area contributed by atoms with Gasteiger partial charge in [0.2, 0.25) is 10.0 Å². The Morgan fingerprint density at radius 1 is 1.37 bits per heavy atom. The van der Waals surface area contributed by atoms with Crippen molar-refractivity contribution in [2.45, 2.75) is 31.6 Å². The Kier molecular flexibility index (Phi) is 3.49. The fourth-order valence-corrected chi connectivity index (χ4v) is 3.06. The Hall–Kier alpha value is -1.27. The van der Waals surface area contributed by atoms with E-state index in [1.165, 1.54) is 18.9 Å². The van der Waals surface area contributed by atoms with Crippen molar-refractivity contribution < 1.29 is 8.42 Å². The predicted octanol–water partition coefficient (Wildman–Crippen LogP) is 1.76. The summed E-state index contributed by atoms with van der Waals surface area (Å²) in [7, 11) is -3.77. The monoisotopic (exact) mass is 283 g/mol. The minimum atomic E-state index is -3.77. The van der Waals surface area contributed by atoms with Gasteiger partial charge in [0.1, 0.15) is 4.90 Å². The van der Waals surface area contributed by atoms with Crippen LogP contribution in [-0.2, 0) is 10.0 Å². The third-order valence-corrected chi connectivity index (χ3v) is 5.01. The van der Waals surface area contributed by atoms with Gasteiger partial charge >= 0.3 is 0 Å². The molecule has 6 heteroatoms. The maximum atomic E-state index is 11.6. The number of rotatable bonds is 5. The van der Waals surface area contributed by atoms with Crippen LogP contribution in [0, 0.1) is 11.3 Å². The van der Waals surface area contributed by atoms with E-state index in [1.54, 1.807) is 12.1 Å².